The van der Waals surface area contributed by atoms with Gasteiger partial charge in [0.15, 0.2) is 0 Å². The number of nitrogens with zero attached hydrogens (tertiary/aromatic N) is 1. The van der Waals surface area contributed by atoms with Crippen molar-refractivity contribution in [1.82, 2.24) is 4.90 Å². The van der Waals surface area contributed by atoms with Gasteiger partial charge in [0, 0.05) is 12.5 Å². The molecule has 0 radical (unpaired) electrons. The number of hydrogen-bond acceptors (Lipinski definition) is 2. The van der Waals surface area contributed by atoms with Gasteiger partial charge in [0.2, 0.25) is 5.91 Å². The minimum Gasteiger partial charge on any atom is -0.377 e. The average molecular weight is 155 g/mol. The molecule has 0 aromatic rings. The van der Waals surface area contributed by atoms with Crippen LogP contribution in [0.2, 0.25) is 0 Å². The van der Waals surface area contributed by atoms with Crippen LogP contribution in [0.5, 0.6) is 0 Å². The molecule has 2 rings (SSSR count). The van der Waals surface area contributed by atoms with E-state index < -0.39 is 0 Å². The maximum Gasteiger partial charge on any atom is 0.225 e. The standard InChI is InChI=1S/C8H13NO2/c1-6-4-7-5-11-3-2-9(7)8(6)10/h6-7H,2-5H2,1H3/t6-,7+/m0/s1. The summed E-state index contributed by atoms with van der Waals surface area (Å²) in [6, 6.07) is 0.381. The monoisotopic (exact) mass is 155 g/mol. The van der Waals surface area contributed by atoms with Gasteiger partial charge in [-0.1, -0.05) is 6.92 Å². The van der Waals surface area contributed by atoms with Crippen LogP contribution in [0.1, 0.15) is 13.3 Å². The van der Waals surface area contributed by atoms with E-state index in [1.807, 2.05) is 11.8 Å². The van der Waals surface area contributed by atoms with Crippen LogP contribution in [0, 0.1) is 5.92 Å². The lowest BCUT2D eigenvalue weighted by atomic mass is 10.1. The summed E-state index contributed by atoms with van der Waals surface area (Å²) in [6.45, 7) is 4.26. The summed E-state index contributed by atoms with van der Waals surface area (Å²) in [4.78, 5) is 13.4. The van der Waals surface area contributed by atoms with Gasteiger partial charge in [-0.15, -0.1) is 0 Å². The SMILES string of the molecule is C[C@H]1C[C@@H]2COCCN2C1=O. The summed E-state index contributed by atoms with van der Waals surface area (Å²) in [5, 5.41) is 0. The number of ether oxygens (including phenoxy) is 1. The highest BCUT2D eigenvalue weighted by molar-refractivity contribution is 5.81. The van der Waals surface area contributed by atoms with E-state index in [0.717, 1.165) is 26.2 Å². The zero-order valence-electron chi connectivity index (χ0n) is 6.75. The van der Waals surface area contributed by atoms with E-state index in [0.29, 0.717) is 11.9 Å². The predicted molar refractivity (Wildman–Crippen MR) is 40.1 cm³/mol. The van der Waals surface area contributed by atoms with E-state index in [4.69, 9.17) is 4.74 Å². The molecule has 2 aliphatic heterocycles. The van der Waals surface area contributed by atoms with Crippen molar-refractivity contribution in [3.05, 3.63) is 0 Å². The van der Waals surface area contributed by atoms with Crippen LogP contribution >= 0.6 is 0 Å². The highest BCUT2D eigenvalue weighted by Gasteiger charge is 2.38. The quantitative estimate of drug-likeness (QED) is 0.502. The lowest BCUT2D eigenvalue weighted by Gasteiger charge is -2.29. The maximum absolute atomic E-state index is 11.4. The summed E-state index contributed by atoms with van der Waals surface area (Å²) in [5.41, 5.74) is 0. The Hall–Kier alpha value is -0.570. The van der Waals surface area contributed by atoms with Crippen molar-refractivity contribution >= 4 is 5.91 Å². The average Bonchev–Trinajstić information content (AvgIpc) is 2.30. The third-order valence-corrected chi connectivity index (χ3v) is 2.56. The van der Waals surface area contributed by atoms with Gasteiger partial charge < -0.3 is 9.64 Å². The Bertz CT molecular complexity index is 181. The number of amides is 1. The van der Waals surface area contributed by atoms with Gasteiger partial charge in [0.05, 0.1) is 19.3 Å². The molecule has 2 fully saturated rings. The van der Waals surface area contributed by atoms with Crippen LogP contribution in [0.3, 0.4) is 0 Å². The van der Waals surface area contributed by atoms with E-state index in [1.165, 1.54) is 0 Å². The van der Waals surface area contributed by atoms with Crippen LogP contribution in [0.25, 0.3) is 0 Å². The van der Waals surface area contributed by atoms with Gasteiger partial charge in [-0.05, 0) is 6.42 Å². The van der Waals surface area contributed by atoms with Crippen molar-refractivity contribution in [3.8, 4) is 0 Å². The Morgan fingerprint density at radius 1 is 1.64 bits per heavy atom. The van der Waals surface area contributed by atoms with E-state index in [1.54, 1.807) is 0 Å². The minimum atomic E-state index is 0.224. The molecule has 3 heteroatoms. The first-order chi connectivity index (χ1) is 5.29. The fourth-order valence-electron chi connectivity index (χ4n) is 1.93. The molecule has 0 spiro atoms. The number of hydrogen-bond donors (Lipinski definition) is 0. The second-order valence-corrected chi connectivity index (χ2v) is 3.40. The third-order valence-electron chi connectivity index (χ3n) is 2.56. The largest absolute Gasteiger partial charge is 0.377 e. The molecule has 0 unspecified atom stereocenters. The summed E-state index contributed by atoms with van der Waals surface area (Å²) in [6.07, 6.45) is 0.985. The van der Waals surface area contributed by atoms with E-state index >= 15 is 0 Å². The van der Waals surface area contributed by atoms with E-state index in [2.05, 4.69) is 0 Å². The molecule has 1 amide bonds. The van der Waals surface area contributed by atoms with E-state index in [-0.39, 0.29) is 5.92 Å². The Balaban J connectivity index is 2.11. The first-order valence-electron chi connectivity index (χ1n) is 4.17. The third kappa shape index (κ3) is 1.03. The molecule has 0 aromatic carbocycles. The van der Waals surface area contributed by atoms with Crippen molar-refractivity contribution in [2.45, 2.75) is 19.4 Å². The summed E-state index contributed by atoms with van der Waals surface area (Å²) in [7, 11) is 0. The molecule has 0 N–H and O–H groups in total. The zero-order valence-corrected chi connectivity index (χ0v) is 6.75. The van der Waals surface area contributed by atoms with Gasteiger partial charge >= 0.3 is 0 Å². The van der Waals surface area contributed by atoms with Crippen LogP contribution in [-0.2, 0) is 9.53 Å². The van der Waals surface area contributed by atoms with Gasteiger partial charge in [0.25, 0.3) is 0 Å². The Kier molecular flexibility index (Phi) is 1.60. The number of fused-ring (bicyclic) bond motifs is 1. The molecule has 3 nitrogen and oxygen atoms in total. The lowest BCUT2D eigenvalue weighted by Crippen LogP contribution is -2.43. The fraction of sp³-hybridized carbons (Fsp3) is 0.875. The first kappa shape index (κ1) is 7.10. The van der Waals surface area contributed by atoms with Crippen LogP contribution in [0.4, 0.5) is 0 Å². The van der Waals surface area contributed by atoms with Crippen molar-refractivity contribution < 1.29 is 9.53 Å². The van der Waals surface area contributed by atoms with E-state index in [9.17, 15) is 4.79 Å². The van der Waals surface area contributed by atoms with Gasteiger partial charge in [0.1, 0.15) is 0 Å². The molecule has 0 bridgehead atoms. The zero-order chi connectivity index (χ0) is 7.84. The molecule has 2 aliphatic rings. The summed E-state index contributed by atoms with van der Waals surface area (Å²) in [5.74, 6) is 0.542. The van der Waals surface area contributed by atoms with Crippen molar-refractivity contribution in [3.63, 3.8) is 0 Å². The molecule has 2 saturated heterocycles. The maximum atomic E-state index is 11.4. The van der Waals surface area contributed by atoms with Crippen LogP contribution < -0.4 is 0 Å². The second-order valence-electron chi connectivity index (χ2n) is 3.40. The summed E-state index contributed by atoms with van der Waals surface area (Å²) >= 11 is 0. The van der Waals surface area contributed by atoms with Gasteiger partial charge in [-0.25, -0.2) is 0 Å². The highest BCUT2D eigenvalue weighted by Crippen LogP contribution is 2.25. The Morgan fingerprint density at radius 3 is 3.18 bits per heavy atom. The second kappa shape index (κ2) is 2.48. The number of morpholine rings is 1. The minimum absolute atomic E-state index is 0.224. The van der Waals surface area contributed by atoms with Gasteiger partial charge in [-0.2, -0.15) is 0 Å². The topological polar surface area (TPSA) is 29.5 Å². The predicted octanol–water partition coefficient (Wildman–Crippen LogP) is 0.254. The van der Waals surface area contributed by atoms with Crippen molar-refractivity contribution in [1.29, 1.82) is 0 Å². The molecule has 11 heavy (non-hydrogen) atoms. The number of carbonyl (C=O) groups is 1. The summed E-state index contributed by atoms with van der Waals surface area (Å²) < 4.78 is 5.29. The van der Waals surface area contributed by atoms with Crippen LogP contribution in [0.15, 0.2) is 0 Å². The molecular weight excluding hydrogens is 142 g/mol. The number of carbonyl (C=O) groups excluding carboxylic acids is 1. The fourth-order valence-corrected chi connectivity index (χ4v) is 1.93. The Labute approximate surface area is 66.3 Å². The Morgan fingerprint density at radius 2 is 2.45 bits per heavy atom. The first-order valence-corrected chi connectivity index (χ1v) is 4.17. The van der Waals surface area contributed by atoms with Gasteiger partial charge in [-0.3, -0.25) is 4.79 Å². The molecule has 2 heterocycles. The molecule has 0 aromatic heterocycles. The molecule has 62 valence electrons. The molecule has 0 saturated carbocycles. The molecule has 0 aliphatic carbocycles. The highest BCUT2D eigenvalue weighted by atomic mass is 16.5. The smallest absolute Gasteiger partial charge is 0.225 e. The van der Waals surface area contributed by atoms with Crippen LogP contribution in [-0.4, -0.2) is 36.6 Å². The van der Waals surface area contributed by atoms with Crippen molar-refractivity contribution in [2.24, 2.45) is 5.92 Å². The number of rotatable bonds is 0. The molecular formula is C8H13NO2. The normalized spacial score (nSPS) is 37.5. The lowest BCUT2D eigenvalue weighted by molar-refractivity contribution is -0.135. The molecule has 2 atom stereocenters. The van der Waals surface area contributed by atoms with Crippen molar-refractivity contribution in [2.75, 3.05) is 19.8 Å².